The molecule has 2 heterocycles. The first-order chi connectivity index (χ1) is 14.9. The number of piperidine rings is 1. The van der Waals surface area contributed by atoms with Crippen molar-refractivity contribution in [1.29, 1.82) is 0 Å². The van der Waals surface area contributed by atoms with Crippen LogP contribution in [0.25, 0.3) is 0 Å². The Morgan fingerprint density at radius 1 is 1.13 bits per heavy atom. The third kappa shape index (κ3) is 4.50. The Morgan fingerprint density at radius 3 is 2.61 bits per heavy atom. The van der Waals surface area contributed by atoms with Crippen molar-refractivity contribution in [3.05, 3.63) is 53.6 Å². The average molecular weight is 442 g/mol. The van der Waals surface area contributed by atoms with Crippen LogP contribution < -0.4 is 10.6 Å². The highest BCUT2D eigenvalue weighted by molar-refractivity contribution is 7.89. The molecular weight excluding hydrogens is 414 g/mol. The topological polar surface area (TPSA) is 95.6 Å². The van der Waals surface area contributed by atoms with Gasteiger partial charge >= 0.3 is 0 Å². The van der Waals surface area contributed by atoms with Crippen molar-refractivity contribution in [2.75, 3.05) is 23.7 Å². The fourth-order valence-corrected chi connectivity index (χ4v) is 5.73. The summed E-state index contributed by atoms with van der Waals surface area (Å²) in [6.07, 6.45) is 2.70. The van der Waals surface area contributed by atoms with E-state index < -0.39 is 10.0 Å². The maximum atomic E-state index is 13.1. The number of carbonyl (C=O) groups excluding carboxylic acids is 2. The molecule has 8 heteroatoms. The summed E-state index contributed by atoms with van der Waals surface area (Å²) in [5.41, 5.74) is 3.42. The van der Waals surface area contributed by atoms with Crippen molar-refractivity contribution in [2.45, 2.75) is 43.9 Å². The molecule has 31 heavy (non-hydrogen) atoms. The van der Waals surface area contributed by atoms with E-state index in [1.807, 2.05) is 31.2 Å². The monoisotopic (exact) mass is 441 g/mol. The molecule has 2 N–H and O–H groups in total. The van der Waals surface area contributed by atoms with E-state index >= 15 is 0 Å². The summed E-state index contributed by atoms with van der Waals surface area (Å²) in [7, 11) is -3.64. The zero-order valence-electron chi connectivity index (χ0n) is 17.6. The van der Waals surface area contributed by atoms with E-state index in [2.05, 4.69) is 10.6 Å². The van der Waals surface area contributed by atoms with Gasteiger partial charge in [0.1, 0.15) is 0 Å². The Bertz CT molecular complexity index is 1110. The third-order valence-electron chi connectivity index (χ3n) is 6.09. The van der Waals surface area contributed by atoms with Gasteiger partial charge in [-0.05, 0) is 61.1 Å². The van der Waals surface area contributed by atoms with E-state index in [-0.39, 0.29) is 22.6 Å². The molecule has 1 saturated heterocycles. The predicted molar refractivity (Wildman–Crippen MR) is 119 cm³/mol. The van der Waals surface area contributed by atoms with Crippen LogP contribution >= 0.6 is 0 Å². The van der Waals surface area contributed by atoms with E-state index in [4.69, 9.17) is 0 Å². The molecule has 2 aliphatic heterocycles. The smallest absolute Gasteiger partial charge is 0.243 e. The molecule has 0 spiro atoms. The molecule has 0 unspecified atom stereocenters. The van der Waals surface area contributed by atoms with Crippen LogP contribution in [0.2, 0.25) is 0 Å². The van der Waals surface area contributed by atoms with Gasteiger partial charge in [-0.15, -0.1) is 0 Å². The molecular formula is C23H27N3O4S. The Morgan fingerprint density at radius 2 is 1.87 bits per heavy atom. The van der Waals surface area contributed by atoms with Gasteiger partial charge in [0.25, 0.3) is 0 Å². The van der Waals surface area contributed by atoms with Crippen LogP contribution in [0.3, 0.4) is 0 Å². The summed E-state index contributed by atoms with van der Waals surface area (Å²) in [5.74, 6) is -0.317. The second kappa shape index (κ2) is 8.80. The zero-order valence-corrected chi connectivity index (χ0v) is 18.4. The molecule has 7 nitrogen and oxygen atoms in total. The van der Waals surface area contributed by atoms with E-state index in [1.54, 1.807) is 18.2 Å². The van der Waals surface area contributed by atoms with Crippen molar-refractivity contribution in [2.24, 2.45) is 5.92 Å². The van der Waals surface area contributed by atoms with Crippen molar-refractivity contribution in [3.63, 3.8) is 0 Å². The van der Waals surface area contributed by atoms with E-state index in [0.717, 1.165) is 23.2 Å². The summed E-state index contributed by atoms with van der Waals surface area (Å²) in [6, 6.07) is 12.6. The number of nitrogens with zero attached hydrogens (tertiary/aromatic N) is 1. The van der Waals surface area contributed by atoms with E-state index in [9.17, 15) is 18.0 Å². The van der Waals surface area contributed by atoms with Gasteiger partial charge in [0.2, 0.25) is 21.8 Å². The van der Waals surface area contributed by atoms with Gasteiger partial charge in [0, 0.05) is 36.8 Å². The number of carbonyl (C=O) groups is 2. The van der Waals surface area contributed by atoms with Crippen LogP contribution in [0, 0.1) is 5.92 Å². The molecule has 2 amide bonds. The number of aryl methyl sites for hydroxylation is 2. The van der Waals surface area contributed by atoms with Gasteiger partial charge in [-0.25, -0.2) is 8.42 Å². The van der Waals surface area contributed by atoms with Gasteiger partial charge in [-0.3, -0.25) is 9.59 Å². The predicted octanol–water partition coefficient (Wildman–Crippen LogP) is 3.17. The normalized spacial score (nSPS) is 17.6. The van der Waals surface area contributed by atoms with Crippen molar-refractivity contribution < 1.29 is 18.0 Å². The minimum absolute atomic E-state index is 0.0509. The summed E-state index contributed by atoms with van der Waals surface area (Å²) in [5, 5.41) is 5.79. The van der Waals surface area contributed by atoms with Crippen LogP contribution in [0.5, 0.6) is 0 Å². The van der Waals surface area contributed by atoms with Gasteiger partial charge in [0.15, 0.2) is 0 Å². The molecule has 2 aromatic rings. The first kappa shape index (κ1) is 21.5. The molecule has 0 bridgehead atoms. The number of hydrogen-bond acceptors (Lipinski definition) is 4. The minimum Gasteiger partial charge on any atom is -0.326 e. The largest absolute Gasteiger partial charge is 0.326 e. The Balaban J connectivity index is 1.41. The molecule has 0 aromatic heterocycles. The summed E-state index contributed by atoms with van der Waals surface area (Å²) < 4.78 is 27.7. The second-order valence-electron chi connectivity index (χ2n) is 8.05. The van der Waals surface area contributed by atoms with Gasteiger partial charge < -0.3 is 10.6 Å². The van der Waals surface area contributed by atoms with Gasteiger partial charge in [0.05, 0.1) is 4.90 Å². The molecule has 2 aliphatic rings. The van der Waals surface area contributed by atoms with Gasteiger partial charge in [-0.2, -0.15) is 4.31 Å². The Kier molecular flexibility index (Phi) is 6.11. The molecule has 0 saturated carbocycles. The number of rotatable bonds is 5. The third-order valence-corrected chi connectivity index (χ3v) is 7.99. The molecule has 1 fully saturated rings. The summed E-state index contributed by atoms with van der Waals surface area (Å²) in [4.78, 5) is 24.5. The molecule has 0 radical (unpaired) electrons. The minimum atomic E-state index is -3.64. The number of fused-ring (bicyclic) bond motifs is 1. The van der Waals surface area contributed by atoms with Crippen molar-refractivity contribution >= 4 is 33.2 Å². The maximum Gasteiger partial charge on any atom is 0.243 e. The second-order valence-corrected chi connectivity index (χ2v) is 9.98. The SMILES string of the molecule is CCc1ccccc1NC(=O)C1CCN(S(=O)(=O)c2ccc3c(c2)CCC(=O)N3)CC1. The highest BCUT2D eigenvalue weighted by Gasteiger charge is 2.33. The summed E-state index contributed by atoms with van der Waals surface area (Å²) >= 11 is 0. The maximum absolute atomic E-state index is 13.1. The molecule has 164 valence electrons. The number of hydrogen-bond donors (Lipinski definition) is 2. The lowest BCUT2D eigenvalue weighted by Crippen LogP contribution is -2.41. The van der Waals surface area contributed by atoms with Crippen LogP contribution in [0.1, 0.15) is 37.3 Å². The molecule has 0 aliphatic carbocycles. The fourth-order valence-electron chi connectivity index (χ4n) is 4.21. The number of amides is 2. The molecule has 2 aromatic carbocycles. The zero-order chi connectivity index (χ0) is 22.0. The lowest BCUT2D eigenvalue weighted by Gasteiger charge is -2.31. The lowest BCUT2D eigenvalue weighted by atomic mass is 9.97. The first-order valence-corrected chi connectivity index (χ1v) is 12.1. The number of para-hydroxylation sites is 1. The first-order valence-electron chi connectivity index (χ1n) is 10.7. The number of sulfonamides is 1. The van der Waals surface area contributed by atoms with Crippen LogP contribution in [-0.4, -0.2) is 37.6 Å². The van der Waals surface area contributed by atoms with Crippen LogP contribution in [-0.2, 0) is 32.5 Å². The van der Waals surface area contributed by atoms with Crippen LogP contribution in [0.15, 0.2) is 47.4 Å². The standard InChI is InChI=1S/C23H27N3O4S/c1-2-16-5-3-4-6-20(16)25-23(28)17-11-13-26(14-12-17)31(29,30)19-8-9-21-18(15-19)7-10-22(27)24-21/h3-6,8-9,15,17H,2,7,10-14H2,1H3,(H,24,27)(H,25,28). The fraction of sp³-hybridized carbons (Fsp3) is 0.391. The lowest BCUT2D eigenvalue weighted by molar-refractivity contribution is -0.121. The summed E-state index contributed by atoms with van der Waals surface area (Å²) in [6.45, 7) is 2.66. The number of anilines is 2. The Labute approximate surface area is 182 Å². The van der Waals surface area contributed by atoms with Crippen molar-refractivity contribution in [3.8, 4) is 0 Å². The quantitative estimate of drug-likeness (QED) is 0.745. The van der Waals surface area contributed by atoms with E-state index in [1.165, 1.54) is 4.31 Å². The van der Waals surface area contributed by atoms with Crippen LogP contribution in [0.4, 0.5) is 11.4 Å². The highest BCUT2D eigenvalue weighted by atomic mass is 32.2. The van der Waals surface area contributed by atoms with Crippen molar-refractivity contribution in [1.82, 2.24) is 4.31 Å². The number of nitrogens with one attached hydrogen (secondary N) is 2. The van der Waals surface area contributed by atoms with E-state index in [0.29, 0.717) is 44.5 Å². The average Bonchev–Trinajstić information content (AvgIpc) is 2.79. The highest BCUT2D eigenvalue weighted by Crippen LogP contribution is 2.29. The Hall–Kier alpha value is -2.71. The number of benzene rings is 2. The molecule has 0 atom stereocenters. The van der Waals surface area contributed by atoms with Gasteiger partial charge in [-0.1, -0.05) is 25.1 Å². The molecule has 4 rings (SSSR count).